The quantitative estimate of drug-likeness (QED) is 0.430. The minimum atomic E-state index is -0.189. The lowest BCUT2D eigenvalue weighted by Gasteiger charge is -2.70. The second-order valence-electron chi connectivity index (χ2n) is 8.87. The van der Waals surface area contributed by atoms with E-state index in [4.69, 9.17) is 44.3 Å². The van der Waals surface area contributed by atoms with Gasteiger partial charge in [0.2, 0.25) is 0 Å². The molecule has 5 nitrogen and oxygen atoms in total. The summed E-state index contributed by atoms with van der Waals surface area (Å²) in [5.41, 5.74) is 0.919. The maximum absolute atomic E-state index is 12.3. The average Bonchev–Trinajstić information content (AvgIpc) is 2.70. The standard InChI is InChI=1S/C24H24Cl3NO4/c25-17-3-1-2-16(8-17)6-7-31-11-18(29)10-23-13-24(14-23,15-23)28-22(30)12-32-19-4-5-20(26)21(27)9-19/h1-5,8-9H,6-7,10-15H2,(H,28,30). The van der Waals surface area contributed by atoms with Gasteiger partial charge >= 0.3 is 0 Å². The summed E-state index contributed by atoms with van der Waals surface area (Å²) in [5.74, 6) is 0.420. The molecule has 0 unspecified atom stereocenters. The molecule has 1 N–H and O–H groups in total. The molecule has 0 aliphatic heterocycles. The molecule has 2 aromatic carbocycles. The lowest BCUT2D eigenvalue weighted by atomic mass is 9.38. The fourth-order valence-electron chi connectivity index (χ4n) is 4.90. The van der Waals surface area contributed by atoms with E-state index in [1.807, 2.05) is 24.3 Å². The van der Waals surface area contributed by atoms with Crippen LogP contribution in [-0.4, -0.2) is 37.0 Å². The van der Waals surface area contributed by atoms with E-state index in [0.29, 0.717) is 33.8 Å². The molecule has 0 saturated heterocycles. The van der Waals surface area contributed by atoms with Crippen molar-refractivity contribution in [3.05, 3.63) is 63.1 Å². The molecule has 32 heavy (non-hydrogen) atoms. The van der Waals surface area contributed by atoms with Crippen molar-refractivity contribution >= 4 is 46.5 Å². The zero-order valence-electron chi connectivity index (χ0n) is 17.5. The summed E-state index contributed by atoms with van der Waals surface area (Å²) in [4.78, 5) is 24.6. The molecule has 8 heteroatoms. The van der Waals surface area contributed by atoms with Gasteiger partial charge in [-0.1, -0.05) is 46.9 Å². The van der Waals surface area contributed by atoms with Gasteiger partial charge in [-0.25, -0.2) is 0 Å². The smallest absolute Gasteiger partial charge is 0.258 e. The van der Waals surface area contributed by atoms with Crippen LogP contribution in [0.1, 0.15) is 31.2 Å². The number of hydrogen-bond donors (Lipinski definition) is 1. The van der Waals surface area contributed by atoms with Gasteiger partial charge < -0.3 is 14.8 Å². The van der Waals surface area contributed by atoms with Crippen LogP contribution in [0.4, 0.5) is 0 Å². The van der Waals surface area contributed by atoms with Crippen LogP contribution in [0.3, 0.4) is 0 Å². The first-order chi connectivity index (χ1) is 15.3. The lowest BCUT2D eigenvalue weighted by molar-refractivity contribution is -0.174. The number of halogens is 3. The van der Waals surface area contributed by atoms with Gasteiger partial charge in [-0.15, -0.1) is 0 Å². The van der Waals surface area contributed by atoms with Crippen molar-refractivity contribution in [2.75, 3.05) is 19.8 Å². The summed E-state index contributed by atoms with van der Waals surface area (Å²) in [5, 5.41) is 4.56. The van der Waals surface area contributed by atoms with Gasteiger partial charge in [0, 0.05) is 23.0 Å². The highest BCUT2D eigenvalue weighted by Gasteiger charge is 2.68. The van der Waals surface area contributed by atoms with Crippen molar-refractivity contribution in [3.8, 4) is 5.75 Å². The first kappa shape index (κ1) is 23.4. The van der Waals surface area contributed by atoms with E-state index in [1.165, 1.54) is 0 Å². The zero-order valence-corrected chi connectivity index (χ0v) is 19.7. The minimum Gasteiger partial charge on any atom is -0.484 e. The third-order valence-electron chi connectivity index (χ3n) is 6.07. The molecule has 3 saturated carbocycles. The van der Waals surface area contributed by atoms with Crippen molar-refractivity contribution in [1.29, 1.82) is 0 Å². The first-order valence-electron chi connectivity index (χ1n) is 10.5. The van der Waals surface area contributed by atoms with E-state index in [9.17, 15) is 9.59 Å². The second-order valence-corrected chi connectivity index (χ2v) is 10.1. The van der Waals surface area contributed by atoms with E-state index in [0.717, 1.165) is 31.2 Å². The van der Waals surface area contributed by atoms with Crippen LogP contribution < -0.4 is 10.1 Å². The minimum absolute atomic E-state index is 0.0191. The Balaban J connectivity index is 1.11. The van der Waals surface area contributed by atoms with Gasteiger partial charge in [0.15, 0.2) is 12.4 Å². The molecule has 0 heterocycles. The van der Waals surface area contributed by atoms with Gasteiger partial charge in [-0.2, -0.15) is 0 Å². The largest absolute Gasteiger partial charge is 0.484 e. The van der Waals surface area contributed by atoms with Crippen LogP contribution in [0.25, 0.3) is 0 Å². The van der Waals surface area contributed by atoms with Gasteiger partial charge in [0.1, 0.15) is 12.4 Å². The molecule has 3 aliphatic carbocycles. The van der Waals surface area contributed by atoms with Gasteiger partial charge in [-0.05, 0) is 60.9 Å². The molecule has 3 aliphatic rings. The molecular weight excluding hydrogens is 473 g/mol. The number of ketones is 1. The van der Waals surface area contributed by atoms with Crippen LogP contribution in [-0.2, 0) is 20.7 Å². The molecule has 0 radical (unpaired) electrons. The number of carbonyl (C=O) groups is 2. The van der Waals surface area contributed by atoms with E-state index < -0.39 is 0 Å². The summed E-state index contributed by atoms with van der Waals surface area (Å²) >= 11 is 17.8. The molecule has 170 valence electrons. The molecule has 3 fully saturated rings. The average molecular weight is 497 g/mol. The highest BCUT2D eigenvalue weighted by atomic mass is 35.5. The van der Waals surface area contributed by atoms with Crippen molar-refractivity contribution < 1.29 is 19.1 Å². The highest BCUT2D eigenvalue weighted by molar-refractivity contribution is 6.42. The normalized spacial score (nSPS) is 23.1. The summed E-state index contributed by atoms with van der Waals surface area (Å²) in [6, 6.07) is 12.5. The summed E-state index contributed by atoms with van der Waals surface area (Å²) < 4.78 is 11.0. The maximum Gasteiger partial charge on any atom is 0.258 e. The Labute approximate surface area is 202 Å². The molecule has 0 spiro atoms. The van der Waals surface area contributed by atoms with Crippen molar-refractivity contribution in [2.45, 2.75) is 37.6 Å². The Hall–Kier alpha value is -1.79. The maximum atomic E-state index is 12.3. The molecule has 0 aromatic heterocycles. The Morgan fingerprint density at radius 3 is 2.47 bits per heavy atom. The second kappa shape index (κ2) is 9.60. The molecule has 1 amide bonds. The number of rotatable bonds is 11. The molecular formula is C24H24Cl3NO4. The number of amides is 1. The SMILES string of the molecule is O=C(COCCc1cccc(Cl)c1)CC12CC(NC(=O)COc3ccc(Cl)c(Cl)c3)(C1)C2. The Morgan fingerprint density at radius 2 is 1.75 bits per heavy atom. The molecule has 5 rings (SSSR count). The third kappa shape index (κ3) is 5.57. The predicted molar refractivity (Wildman–Crippen MR) is 125 cm³/mol. The topological polar surface area (TPSA) is 64.6 Å². The number of ether oxygens (including phenoxy) is 2. The van der Waals surface area contributed by atoms with E-state index in [2.05, 4.69) is 5.32 Å². The first-order valence-corrected chi connectivity index (χ1v) is 11.6. The summed E-state index contributed by atoms with van der Waals surface area (Å²) in [6.07, 6.45) is 3.70. The monoisotopic (exact) mass is 495 g/mol. The van der Waals surface area contributed by atoms with Crippen molar-refractivity contribution in [1.82, 2.24) is 5.32 Å². The predicted octanol–water partition coefficient (Wildman–Crippen LogP) is 5.28. The van der Waals surface area contributed by atoms with Gasteiger partial charge in [0.25, 0.3) is 5.91 Å². The Kier molecular flexibility index (Phi) is 7.01. The van der Waals surface area contributed by atoms with Crippen molar-refractivity contribution in [3.63, 3.8) is 0 Å². The number of benzene rings is 2. The lowest BCUT2D eigenvalue weighted by Crippen LogP contribution is -2.75. The summed E-state index contributed by atoms with van der Waals surface area (Å²) in [7, 11) is 0. The zero-order chi connectivity index (χ0) is 22.8. The van der Waals surface area contributed by atoms with E-state index in [1.54, 1.807) is 18.2 Å². The van der Waals surface area contributed by atoms with Gasteiger partial charge in [0.05, 0.1) is 16.7 Å². The number of nitrogens with one attached hydrogen (secondary N) is 1. The number of carbonyl (C=O) groups excluding carboxylic acids is 2. The van der Waals surface area contributed by atoms with Crippen LogP contribution >= 0.6 is 34.8 Å². The Morgan fingerprint density at radius 1 is 0.969 bits per heavy atom. The van der Waals surface area contributed by atoms with Crippen LogP contribution in [0, 0.1) is 5.41 Å². The van der Waals surface area contributed by atoms with Crippen LogP contribution in [0.2, 0.25) is 15.1 Å². The fourth-order valence-corrected chi connectivity index (χ4v) is 5.40. The number of Topliss-reactive ketones (excluding diaryl/α,β-unsaturated/α-hetero) is 1. The van der Waals surface area contributed by atoms with E-state index >= 15 is 0 Å². The molecule has 0 atom stereocenters. The highest BCUT2D eigenvalue weighted by Crippen LogP contribution is 2.68. The molecule has 2 aromatic rings. The number of hydrogen-bond acceptors (Lipinski definition) is 4. The summed E-state index contributed by atoms with van der Waals surface area (Å²) in [6.45, 7) is 0.517. The van der Waals surface area contributed by atoms with E-state index in [-0.39, 0.29) is 35.9 Å². The fraction of sp³-hybridized carbons (Fsp3) is 0.417. The Bertz CT molecular complexity index is 1010. The van der Waals surface area contributed by atoms with Crippen molar-refractivity contribution in [2.24, 2.45) is 5.41 Å². The van der Waals surface area contributed by atoms with Crippen LogP contribution in [0.15, 0.2) is 42.5 Å². The molecule has 2 bridgehead atoms. The van der Waals surface area contributed by atoms with Gasteiger partial charge in [-0.3, -0.25) is 9.59 Å². The van der Waals surface area contributed by atoms with Crippen LogP contribution in [0.5, 0.6) is 5.75 Å². The third-order valence-corrected chi connectivity index (χ3v) is 7.04.